The number of likely N-dealkylation sites (tertiary alicyclic amines) is 1. The number of rotatable bonds is 6. The summed E-state index contributed by atoms with van der Waals surface area (Å²) in [5.41, 5.74) is 2.62. The van der Waals surface area contributed by atoms with E-state index in [1.807, 2.05) is 35.4 Å². The highest BCUT2D eigenvalue weighted by Gasteiger charge is 2.30. The third kappa shape index (κ3) is 4.61. The summed E-state index contributed by atoms with van der Waals surface area (Å²) in [6, 6.07) is 5.59. The van der Waals surface area contributed by atoms with E-state index in [1.165, 1.54) is 0 Å². The van der Waals surface area contributed by atoms with Crippen LogP contribution < -0.4 is 10.1 Å². The predicted octanol–water partition coefficient (Wildman–Crippen LogP) is 3.51. The highest BCUT2D eigenvalue weighted by Crippen LogP contribution is 2.32. The van der Waals surface area contributed by atoms with Crippen LogP contribution in [0.25, 0.3) is 0 Å². The van der Waals surface area contributed by atoms with Gasteiger partial charge in [0, 0.05) is 35.9 Å². The molecular weight excluding hydrogens is 386 g/mol. The van der Waals surface area contributed by atoms with Gasteiger partial charge in [-0.25, -0.2) is 4.98 Å². The van der Waals surface area contributed by atoms with Gasteiger partial charge in [-0.15, -0.1) is 11.3 Å². The van der Waals surface area contributed by atoms with Gasteiger partial charge in [-0.3, -0.25) is 9.59 Å². The Morgan fingerprint density at radius 1 is 1.24 bits per heavy atom. The van der Waals surface area contributed by atoms with Crippen LogP contribution in [0.15, 0.2) is 23.6 Å². The maximum absolute atomic E-state index is 12.9. The van der Waals surface area contributed by atoms with Crippen molar-refractivity contribution in [1.29, 1.82) is 0 Å². The quantitative estimate of drug-likeness (QED) is 0.787. The van der Waals surface area contributed by atoms with Crippen LogP contribution in [0.3, 0.4) is 0 Å². The third-order valence-electron chi connectivity index (χ3n) is 5.76. The molecule has 1 aliphatic carbocycles. The summed E-state index contributed by atoms with van der Waals surface area (Å²) in [5.74, 6) is 1.62. The number of methoxy groups -OCH3 is 1. The Balaban J connectivity index is 1.31. The van der Waals surface area contributed by atoms with Crippen molar-refractivity contribution in [3.63, 3.8) is 0 Å². The van der Waals surface area contributed by atoms with Gasteiger partial charge in [0.2, 0.25) is 5.91 Å². The molecule has 0 radical (unpaired) electrons. The molecule has 2 fully saturated rings. The highest BCUT2D eigenvalue weighted by atomic mass is 32.1. The van der Waals surface area contributed by atoms with E-state index in [0.29, 0.717) is 12.5 Å². The van der Waals surface area contributed by atoms with Crippen molar-refractivity contribution < 1.29 is 14.3 Å². The van der Waals surface area contributed by atoms with E-state index in [-0.39, 0.29) is 17.7 Å². The fourth-order valence-electron chi connectivity index (χ4n) is 3.76. The van der Waals surface area contributed by atoms with Crippen molar-refractivity contribution in [3.8, 4) is 5.75 Å². The molecule has 4 rings (SSSR count). The first-order chi connectivity index (χ1) is 14.0. The molecule has 6 nitrogen and oxygen atoms in total. The zero-order valence-corrected chi connectivity index (χ0v) is 17.8. The van der Waals surface area contributed by atoms with Gasteiger partial charge in [0.25, 0.3) is 5.91 Å². The highest BCUT2D eigenvalue weighted by molar-refractivity contribution is 7.09. The second-order valence-corrected chi connectivity index (χ2v) is 8.81. The lowest BCUT2D eigenvalue weighted by Gasteiger charge is -2.31. The van der Waals surface area contributed by atoms with Crippen molar-refractivity contribution in [2.45, 2.75) is 45.1 Å². The molecule has 7 heteroatoms. The average molecular weight is 414 g/mol. The predicted molar refractivity (Wildman–Crippen MR) is 112 cm³/mol. The normalized spacial score (nSPS) is 17.2. The molecule has 0 atom stereocenters. The van der Waals surface area contributed by atoms with Crippen LogP contribution in [-0.2, 0) is 11.3 Å². The van der Waals surface area contributed by atoms with Crippen molar-refractivity contribution in [1.82, 2.24) is 15.2 Å². The van der Waals surface area contributed by atoms with Gasteiger partial charge in [-0.2, -0.15) is 0 Å². The standard InChI is InChI=1S/C22H27N3O3S/c1-14-11-18(28-2)5-6-19(14)22(27)25-9-7-16(8-10-25)21-24-17(13-29-21)12-23-20(26)15-3-4-15/h5-6,11,13,15-16H,3-4,7-10,12H2,1-2H3,(H,23,26). The first-order valence-electron chi connectivity index (χ1n) is 10.2. The van der Waals surface area contributed by atoms with Gasteiger partial charge in [-0.1, -0.05) is 0 Å². The van der Waals surface area contributed by atoms with Crippen LogP contribution in [0.5, 0.6) is 5.75 Å². The van der Waals surface area contributed by atoms with Crippen molar-refractivity contribution in [2.24, 2.45) is 5.92 Å². The van der Waals surface area contributed by atoms with Gasteiger partial charge >= 0.3 is 0 Å². The minimum absolute atomic E-state index is 0.0891. The number of amides is 2. The number of thiazole rings is 1. The average Bonchev–Trinajstić information content (AvgIpc) is 3.49. The molecule has 2 amide bonds. The molecule has 2 heterocycles. The summed E-state index contributed by atoms with van der Waals surface area (Å²) in [4.78, 5) is 31.4. The van der Waals surface area contributed by atoms with Gasteiger partial charge < -0.3 is 15.0 Å². The fraction of sp³-hybridized carbons (Fsp3) is 0.500. The van der Waals surface area contributed by atoms with Crippen LogP contribution in [-0.4, -0.2) is 41.9 Å². The summed E-state index contributed by atoms with van der Waals surface area (Å²) in [6.07, 6.45) is 3.87. The first-order valence-corrected chi connectivity index (χ1v) is 11.1. The molecule has 1 aromatic carbocycles. The number of ether oxygens (including phenoxy) is 1. The Kier molecular flexibility index (Phi) is 5.85. The van der Waals surface area contributed by atoms with Gasteiger partial charge in [0.15, 0.2) is 0 Å². The summed E-state index contributed by atoms with van der Waals surface area (Å²) < 4.78 is 5.23. The first kappa shape index (κ1) is 19.9. The topological polar surface area (TPSA) is 71.5 Å². The largest absolute Gasteiger partial charge is 0.497 e. The molecule has 0 bridgehead atoms. The third-order valence-corrected chi connectivity index (χ3v) is 6.81. The fourth-order valence-corrected chi connectivity index (χ4v) is 4.75. The van der Waals surface area contributed by atoms with Crippen LogP contribution in [0.4, 0.5) is 0 Å². The zero-order valence-electron chi connectivity index (χ0n) is 16.9. The molecule has 0 unspecified atom stereocenters. The number of aryl methyl sites for hydroxylation is 1. The Hall–Kier alpha value is -2.41. The lowest BCUT2D eigenvalue weighted by Crippen LogP contribution is -2.38. The number of hydrogen-bond donors (Lipinski definition) is 1. The molecular formula is C22H27N3O3S. The van der Waals surface area contributed by atoms with E-state index in [1.54, 1.807) is 18.4 Å². The van der Waals surface area contributed by atoms with E-state index < -0.39 is 0 Å². The van der Waals surface area contributed by atoms with Crippen LogP contribution in [0.2, 0.25) is 0 Å². The molecule has 1 N–H and O–H groups in total. The van der Waals surface area contributed by atoms with E-state index >= 15 is 0 Å². The number of nitrogens with one attached hydrogen (secondary N) is 1. The van der Waals surface area contributed by atoms with E-state index in [0.717, 1.165) is 66.4 Å². The Bertz CT molecular complexity index is 898. The second kappa shape index (κ2) is 8.53. The number of carbonyl (C=O) groups excluding carboxylic acids is 2. The molecule has 2 aliphatic rings. The number of nitrogens with zero attached hydrogens (tertiary/aromatic N) is 2. The maximum atomic E-state index is 12.9. The lowest BCUT2D eigenvalue weighted by atomic mass is 9.96. The number of aromatic nitrogens is 1. The smallest absolute Gasteiger partial charge is 0.254 e. The van der Waals surface area contributed by atoms with Crippen LogP contribution in [0, 0.1) is 12.8 Å². The Labute approximate surface area is 175 Å². The summed E-state index contributed by atoms with van der Waals surface area (Å²) in [7, 11) is 1.63. The van der Waals surface area contributed by atoms with Crippen molar-refractivity contribution in [3.05, 3.63) is 45.4 Å². The molecule has 1 saturated carbocycles. The van der Waals surface area contributed by atoms with Gasteiger partial charge in [0.1, 0.15) is 5.75 Å². The molecule has 2 aromatic rings. The zero-order chi connectivity index (χ0) is 20.4. The molecule has 154 valence electrons. The van der Waals surface area contributed by atoms with Crippen LogP contribution in [0.1, 0.15) is 58.2 Å². The Morgan fingerprint density at radius 2 is 2.00 bits per heavy atom. The van der Waals surface area contributed by atoms with E-state index in [9.17, 15) is 9.59 Å². The minimum Gasteiger partial charge on any atom is -0.497 e. The summed E-state index contributed by atoms with van der Waals surface area (Å²) in [5, 5.41) is 6.14. The van der Waals surface area contributed by atoms with Gasteiger partial charge in [0.05, 0.1) is 24.4 Å². The number of hydrogen-bond acceptors (Lipinski definition) is 5. The lowest BCUT2D eigenvalue weighted by molar-refractivity contribution is -0.122. The number of benzene rings is 1. The van der Waals surface area contributed by atoms with Crippen molar-refractivity contribution in [2.75, 3.05) is 20.2 Å². The Morgan fingerprint density at radius 3 is 2.66 bits per heavy atom. The van der Waals surface area contributed by atoms with Crippen molar-refractivity contribution >= 4 is 23.2 Å². The van der Waals surface area contributed by atoms with E-state index in [4.69, 9.17) is 9.72 Å². The molecule has 29 heavy (non-hydrogen) atoms. The second-order valence-electron chi connectivity index (χ2n) is 7.92. The maximum Gasteiger partial charge on any atom is 0.254 e. The molecule has 1 aliphatic heterocycles. The van der Waals surface area contributed by atoms with Gasteiger partial charge in [-0.05, 0) is 56.4 Å². The van der Waals surface area contributed by atoms with E-state index in [2.05, 4.69) is 5.32 Å². The molecule has 1 aromatic heterocycles. The number of carbonyl (C=O) groups is 2. The number of piperidine rings is 1. The SMILES string of the molecule is COc1ccc(C(=O)N2CCC(c3nc(CNC(=O)C4CC4)cs3)CC2)c(C)c1. The monoisotopic (exact) mass is 413 g/mol. The molecule has 0 spiro atoms. The molecule has 1 saturated heterocycles. The summed E-state index contributed by atoms with van der Waals surface area (Å²) in [6.45, 7) is 3.94. The van der Waals surface area contributed by atoms with Crippen LogP contribution >= 0.6 is 11.3 Å². The minimum atomic E-state index is 0.0891. The summed E-state index contributed by atoms with van der Waals surface area (Å²) >= 11 is 1.66.